The average Bonchev–Trinajstić information content (AvgIpc) is 2.85. The standard InChI is InChI=1S/C14H13FN4S/c1-8(2)12-11-7-16-19(13(11)14(20)18-17-12)10-5-3-9(15)4-6-10/h3-8H,1-2H3,(H,18,20). The fraction of sp³-hybridized carbons (Fsp3) is 0.214. The molecule has 2 heterocycles. The molecule has 0 aliphatic carbocycles. The molecule has 1 N–H and O–H groups in total. The molecule has 0 saturated heterocycles. The Hall–Kier alpha value is -2.08. The van der Waals surface area contributed by atoms with Crippen molar-refractivity contribution >= 4 is 23.1 Å². The van der Waals surface area contributed by atoms with Gasteiger partial charge in [0.05, 0.1) is 17.6 Å². The number of hydrogen-bond donors (Lipinski definition) is 1. The second-order valence-corrected chi connectivity index (χ2v) is 5.30. The first kappa shape index (κ1) is 12.9. The van der Waals surface area contributed by atoms with E-state index in [1.54, 1.807) is 23.0 Å². The van der Waals surface area contributed by atoms with Crippen LogP contribution in [0.25, 0.3) is 16.6 Å². The van der Waals surface area contributed by atoms with Crippen LogP contribution in [0.3, 0.4) is 0 Å². The quantitative estimate of drug-likeness (QED) is 0.731. The largest absolute Gasteiger partial charge is 0.266 e. The van der Waals surface area contributed by atoms with Gasteiger partial charge in [-0.25, -0.2) is 9.07 Å². The molecule has 0 atom stereocenters. The Morgan fingerprint density at radius 1 is 1.25 bits per heavy atom. The van der Waals surface area contributed by atoms with E-state index in [-0.39, 0.29) is 11.7 Å². The highest BCUT2D eigenvalue weighted by atomic mass is 32.1. The van der Waals surface area contributed by atoms with Gasteiger partial charge < -0.3 is 0 Å². The van der Waals surface area contributed by atoms with Crippen LogP contribution < -0.4 is 0 Å². The van der Waals surface area contributed by atoms with E-state index in [0.29, 0.717) is 4.64 Å². The molecule has 0 amide bonds. The molecule has 0 bridgehead atoms. The Morgan fingerprint density at radius 2 is 1.95 bits per heavy atom. The van der Waals surface area contributed by atoms with Crippen LogP contribution >= 0.6 is 12.2 Å². The van der Waals surface area contributed by atoms with Gasteiger partial charge in [-0.1, -0.05) is 26.1 Å². The molecule has 0 unspecified atom stereocenters. The average molecular weight is 288 g/mol. The topological polar surface area (TPSA) is 46.5 Å². The van der Waals surface area contributed by atoms with Crippen molar-refractivity contribution in [3.05, 3.63) is 46.6 Å². The Kier molecular flexibility index (Phi) is 3.10. The predicted molar refractivity (Wildman–Crippen MR) is 78.1 cm³/mol. The van der Waals surface area contributed by atoms with Crippen molar-refractivity contribution in [1.82, 2.24) is 20.0 Å². The van der Waals surface area contributed by atoms with Gasteiger partial charge in [-0.15, -0.1) is 0 Å². The summed E-state index contributed by atoms with van der Waals surface area (Å²) in [6.07, 6.45) is 1.75. The molecule has 0 fully saturated rings. The number of H-pyrrole nitrogens is 1. The fourth-order valence-electron chi connectivity index (χ4n) is 2.20. The molecule has 20 heavy (non-hydrogen) atoms. The summed E-state index contributed by atoms with van der Waals surface area (Å²) in [4.78, 5) is 0. The van der Waals surface area contributed by atoms with Gasteiger partial charge in [0.2, 0.25) is 0 Å². The smallest absolute Gasteiger partial charge is 0.146 e. The second-order valence-electron chi connectivity index (χ2n) is 4.89. The Balaban J connectivity index is 2.31. The summed E-state index contributed by atoms with van der Waals surface area (Å²) in [6, 6.07) is 6.15. The highest BCUT2D eigenvalue weighted by Gasteiger charge is 2.14. The van der Waals surface area contributed by atoms with Crippen LogP contribution in [0.5, 0.6) is 0 Å². The predicted octanol–water partition coefficient (Wildman–Crippen LogP) is 3.74. The van der Waals surface area contributed by atoms with E-state index in [4.69, 9.17) is 12.2 Å². The number of benzene rings is 1. The lowest BCUT2D eigenvalue weighted by atomic mass is 10.1. The van der Waals surface area contributed by atoms with Gasteiger partial charge in [0, 0.05) is 5.39 Å². The van der Waals surface area contributed by atoms with E-state index in [1.165, 1.54) is 12.1 Å². The first-order valence-corrected chi connectivity index (χ1v) is 6.71. The lowest BCUT2D eigenvalue weighted by Crippen LogP contribution is -2.00. The maximum absolute atomic E-state index is 13.0. The van der Waals surface area contributed by atoms with Gasteiger partial charge in [0.25, 0.3) is 0 Å². The summed E-state index contributed by atoms with van der Waals surface area (Å²) in [5.41, 5.74) is 2.48. The molecule has 0 saturated carbocycles. The van der Waals surface area contributed by atoms with Crippen LogP contribution in [0, 0.1) is 10.5 Å². The van der Waals surface area contributed by atoms with Crippen molar-refractivity contribution in [1.29, 1.82) is 0 Å². The number of nitrogens with zero attached hydrogens (tertiary/aromatic N) is 3. The van der Waals surface area contributed by atoms with E-state index in [9.17, 15) is 4.39 Å². The third-order valence-electron chi connectivity index (χ3n) is 3.16. The molecule has 102 valence electrons. The minimum Gasteiger partial charge on any atom is -0.266 e. The first-order valence-electron chi connectivity index (χ1n) is 6.30. The van der Waals surface area contributed by atoms with Crippen molar-refractivity contribution < 1.29 is 4.39 Å². The van der Waals surface area contributed by atoms with Crippen LogP contribution in [0.4, 0.5) is 4.39 Å². The third kappa shape index (κ3) is 2.02. The number of nitrogens with one attached hydrogen (secondary N) is 1. The first-order chi connectivity index (χ1) is 9.58. The molecule has 3 rings (SSSR count). The number of fused-ring (bicyclic) bond motifs is 1. The number of rotatable bonds is 2. The Bertz CT molecular complexity index is 817. The summed E-state index contributed by atoms with van der Waals surface area (Å²) in [5.74, 6) is -0.0184. The van der Waals surface area contributed by atoms with Crippen molar-refractivity contribution in [3.63, 3.8) is 0 Å². The van der Waals surface area contributed by atoms with Crippen molar-refractivity contribution in [2.75, 3.05) is 0 Å². The zero-order valence-corrected chi connectivity index (χ0v) is 11.9. The number of halogens is 1. The lowest BCUT2D eigenvalue weighted by molar-refractivity contribution is 0.627. The van der Waals surface area contributed by atoms with Gasteiger partial charge in [-0.05, 0) is 30.2 Å². The number of hydrogen-bond acceptors (Lipinski definition) is 3. The highest BCUT2D eigenvalue weighted by Crippen LogP contribution is 2.25. The van der Waals surface area contributed by atoms with Gasteiger partial charge in [-0.3, -0.25) is 5.10 Å². The van der Waals surface area contributed by atoms with Gasteiger partial charge in [-0.2, -0.15) is 10.2 Å². The molecule has 0 aliphatic rings. The molecule has 0 spiro atoms. The lowest BCUT2D eigenvalue weighted by Gasteiger charge is -2.07. The molecule has 2 aromatic heterocycles. The van der Waals surface area contributed by atoms with Crippen LogP contribution in [-0.4, -0.2) is 20.0 Å². The van der Waals surface area contributed by atoms with E-state index in [2.05, 4.69) is 29.1 Å². The zero-order chi connectivity index (χ0) is 14.3. The van der Waals surface area contributed by atoms with Crippen LogP contribution in [0.2, 0.25) is 0 Å². The van der Waals surface area contributed by atoms with E-state index in [0.717, 1.165) is 22.3 Å². The van der Waals surface area contributed by atoms with Gasteiger partial charge >= 0.3 is 0 Å². The number of aromatic amines is 1. The zero-order valence-electron chi connectivity index (χ0n) is 11.1. The van der Waals surface area contributed by atoms with E-state index < -0.39 is 0 Å². The van der Waals surface area contributed by atoms with Crippen molar-refractivity contribution in [2.24, 2.45) is 0 Å². The van der Waals surface area contributed by atoms with E-state index in [1.807, 2.05) is 0 Å². The summed E-state index contributed by atoms with van der Waals surface area (Å²) in [5, 5.41) is 12.4. The maximum Gasteiger partial charge on any atom is 0.146 e. The van der Waals surface area contributed by atoms with Crippen molar-refractivity contribution in [3.8, 4) is 5.69 Å². The molecular weight excluding hydrogens is 275 g/mol. The monoisotopic (exact) mass is 288 g/mol. The summed E-state index contributed by atoms with van der Waals surface area (Å²) >= 11 is 5.31. The number of aromatic nitrogens is 4. The minimum atomic E-state index is -0.278. The molecule has 0 radical (unpaired) electrons. The Labute approximate surface area is 120 Å². The minimum absolute atomic E-state index is 0.259. The highest BCUT2D eigenvalue weighted by molar-refractivity contribution is 7.71. The molecule has 6 heteroatoms. The molecule has 0 aliphatic heterocycles. The maximum atomic E-state index is 13.0. The summed E-state index contributed by atoms with van der Waals surface area (Å²) in [6.45, 7) is 4.13. The van der Waals surface area contributed by atoms with Gasteiger partial charge in [0.1, 0.15) is 16.0 Å². The van der Waals surface area contributed by atoms with Gasteiger partial charge in [0.15, 0.2) is 0 Å². The summed E-state index contributed by atoms with van der Waals surface area (Å²) < 4.78 is 15.3. The molecule has 3 aromatic rings. The van der Waals surface area contributed by atoms with Crippen LogP contribution in [-0.2, 0) is 0 Å². The Morgan fingerprint density at radius 3 is 2.60 bits per heavy atom. The fourth-order valence-corrected chi connectivity index (χ4v) is 2.44. The molecule has 4 nitrogen and oxygen atoms in total. The van der Waals surface area contributed by atoms with Crippen molar-refractivity contribution in [2.45, 2.75) is 19.8 Å². The third-order valence-corrected chi connectivity index (χ3v) is 3.44. The second kappa shape index (κ2) is 4.79. The van der Waals surface area contributed by atoms with Crippen LogP contribution in [0.1, 0.15) is 25.5 Å². The van der Waals surface area contributed by atoms with Crippen LogP contribution in [0.15, 0.2) is 30.5 Å². The SMILES string of the molecule is CC(C)c1n[nH]c(=S)c2c1cnn2-c1ccc(F)cc1. The summed E-state index contributed by atoms with van der Waals surface area (Å²) in [7, 11) is 0. The molecular formula is C14H13FN4S. The molecule has 1 aromatic carbocycles. The van der Waals surface area contributed by atoms with E-state index >= 15 is 0 Å². The normalized spacial score (nSPS) is 11.4.